The summed E-state index contributed by atoms with van der Waals surface area (Å²) in [6, 6.07) is 0. The van der Waals surface area contributed by atoms with Gasteiger partial charge < -0.3 is 10.8 Å². The van der Waals surface area contributed by atoms with E-state index in [2.05, 4.69) is 4.98 Å². The molecule has 0 bridgehead atoms. The van der Waals surface area contributed by atoms with Crippen molar-refractivity contribution in [1.82, 2.24) is 4.98 Å². The number of hydrogen-bond acceptors (Lipinski definition) is 3. The molecule has 0 aliphatic heterocycles. The van der Waals surface area contributed by atoms with Crippen molar-refractivity contribution in [3.05, 3.63) is 23.0 Å². The lowest BCUT2D eigenvalue weighted by molar-refractivity contribution is -0.142. The fourth-order valence-corrected chi connectivity index (χ4v) is 1.17. The monoisotopic (exact) mass is 242 g/mol. The minimum Gasteiger partial charge on any atom is -0.505 e. The predicted molar refractivity (Wildman–Crippen MR) is 43.8 cm³/mol. The van der Waals surface area contributed by atoms with Gasteiger partial charge in [-0.25, -0.2) is 13.8 Å². The molecule has 0 saturated carbocycles. The van der Waals surface area contributed by atoms with E-state index in [0.717, 1.165) is 0 Å². The fraction of sp³-hybridized carbons (Fsp3) is 0.375. The van der Waals surface area contributed by atoms with E-state index in [-0.39, 0.29) is 5.56 Å². The zero-order valence-electron chi connectivity index (χ0n) is 7.72. The maximum atomic E-state index is 12.4. The van der Waals surface area contributed by atoms with Crippen LogP contribution in [-0.4, -0.2) is 10.1 Å². The van der Waals surface area contributed by atoms with Crippen molar-refractivity contribution in [1.29, 1.82) is 0 Å². The molecule has 1 aromatic rings. The Morgan fingerprint density at radius 3 is 2.31 bits per heavy atom. The van der Waals surface area contributed by atoms with Gasteiger partial charge in [-0.2, -0.15) is 13.2 Å². The highest BCUT2D eigenvalue weighted by atomic mass is 19.4. The quantitative estimate of drug-likeness (QED) is 0.781. The van der Waals surface area contributed by atoms with Gasteiger partial charge >= 0.3 is 6.18 Å². The van der Waals surface area contributed by atoms with Crippen LogP contribution in [0.25, 0.3) is 0 Å². The lowest BCUT2D eigenvalue weighted by Gasteiger charge is -2.13. The summed E-state index contributed by atoms with van der Waals surface area (Å²) in [6.45, 7) is -0.432. The standard InChI is InChI=1S/C8H7F5N2O/c9-7(10)4-3(1-14)2-15-6(5(4)16)8(11,12)13/h2,7,16H,1,14H2. The molecule has 0 amide bonds. The molecule has 0 aliphatic rings. The Morgan fingerprint density at radius 2 is 1.94 bits per heavy atom. The van der Waals surface area contributed by atoms with E-state index in [1.54, 1.807) is 0 Å². The first-order chi connectivity index (χ1) is 7.29. The van der Waals surface area contributed by atoms with Crippen molar-refractivity contribution in [3.63, 3.8) is 0 Å². The van der Waals surface area contributed by atoms with E-state index >= 15 is 0 Å². The van der Waals surface area contributed by atoms with E-state index in [4.69, 9.17) is 10.8 Å². The predicted octanol–water partition coefficient (Wildman–Crippen LogP) is 2.20. The molecule has 0 unspecified atom stereocenters. The first kappa shape index (κ1) is 12.6. The molecule has 1 heterocycles. The van der Waals surface area contributed by atoms with E-state index in [1.165, 1.54) is 0 Å². The van der Waals surface area contributed by atoms with Crippen LogP contribution in [0.2, 0.25) is 0 Å². The van der Waals surface area contributed by atoms with Gasteiger partial charge in [0.25, 0.3) is 6.43 Å². The van der Waals surface area contributed by atoms with Crippen LogP contribution in [0.3, 0.4) is 0 Å². The number of hydrogen-bond donors (Lipinski definition) is 2. The number of aromatic nitrogens is 1. The van der Waals surface area contributed by atoms with E-state index < -0.39 is 36.2 Å². The summed E-state index contributed by atoms with van der Waals surface area (Å²) in [4.78, 5) is 2.88. The summed E-state index contributed by atoms with van der Waals surface area (Å²) in [5.41, 5.74) is 1.88. The number of rotatable bonds is 2. The average molecular weight is 242 g/mol. The molecule has 0 radical (unpaired) electrons. The molecular formula is C8H7F5N2O. The summed E-state index contributed by atoms with van der Waals surface area (Å²) in [6.07, 6.45) is -7.65. The zero-order valence-corrected chi connectivity index (χ0v) is 7.72. The molecule has 8 heteroatoms. The number of pyridine rings is 1. The summed E-state index contributed by atoms with van der Waals surface area (Å²) in [5.74, 6) is -1.56. The molecule has 0 spiro atoms. The third-order valence-corrected chi connectivity index (χ3v) is 1.88. The van der Waals surface area contributed by atoms with Crippen LogP contribution >= 0.6 is 0 Å². The molecule has 0 aromatic carbocycles. The van der Waals surface area contributed by atoms with E-state index in [9.17, 15) is 22.0 Å². The number of halogens is 5. The normalized spacial score (nSPS) is 12.2. The van der Waals surface area contributed by atoms with Crippen molar-refractivity contribution in [2.24, 2.45) is 5.73 Å². The zero-order chi connectivity index (χ0) is 12.5. The minimum atomic E-state index is -4.99. The second-order valence-electron chi connectivity index (χ2n) is 2.90. The van der Waals surface area contributed by atoms with Gasteiger partial charge in [0.05, 0.1) is 5.56 Å². The Morgan fingerprint density at radius 1 is 1.38 bits per heavy atom. The van der Waals surface area contributed by atoms with Crippen molar-refractivity contribution in [2.75, 3.05) is 0 Å². The Labute approximate surface area is 86.7 Å². The van der Waals surface area contributed by atoms with Crippen molar-refractivity contribution >= 4 is 0 Å². The van der Waals surface area contributed by atoms with Crippen LogP contribution in [0.5, 0.6) is 5.75 Å². The highest BCUT2D eigenvalue weighted by Gasteiger charge is 2.38. The Balaban J connectivity index is 3.44. The highest BCUT2D eigenvalue weighted by Crippen LogP contribution is 2.40. The molecule has 90 valence electrons. The van der Waals surface area contributed by atoms with Crippen LogP contribution in [-0.2, 0) is 12.7 Å². The minimum absolute atomic E-state index is 0.319. The Hall–Kier alpha value is -1.44. The number of nitrogens with zero attached hydrogens (tertiary/aromatic N) is 1. The molecule has 3 nitrogen and oxygen atoms in total. The lowest BCUT2D eigenvalue weighted by Crippen LogP contribution is -2.12. The number of alkyl halides is 5. The Kier molecular flexibility index (Phi) is 3.32. The van der Waals surface area contributed by atoms with Gasteiger partial charge in [0.1, 0.15) is 0 Å². The molecule has 1 rings (SSSR count). The van der Waals surface area contributed by atoms with Gasteiger partial charge in [-0.15, -0.1) is 0 Å². The van der Waals surface area contributed by atoms with Gasteiger partial charge in [-0.3, -0.25) is 0 Å². The van der Waals surface area contributed by atoms with Crippen molar-refractivity contribution in [2.45, 2.75) is 19.1 Å². The van der Waals surface area contributed by atoms with E-state index in [1.807, 2.05) is 0 Å². The molecule has 16 heavy (non-hydrogen) atoms. The largest absolute Gasteiger partial charge is 0.505 e. The van der Waals surface area contributed by atoms with Gasteiger partial charge in [-0.05, 0) is 5.56 Å². The third kappa shape index (κ3) is 2.21. The Bertz CT molecular complexity index is 391. The van der Waals surface area contributed by atoms with Gasteiger partial charge in [-0.1, -0.05) is 0 Å². The maximum absolute atomic E-state index is 12.4. The highest BCUT2D eigenvalue weighted by molar-refractivity contribution is 5.43. The fourth-order valence-electron chi connectivity index (χ4n) is 1.17. The van der Waals surface area contributed by atoms with E-state index in [0.29, 0.717) is 6.20 Å². The molecular weight excluding hydrogens is 235 g/mol. The molecule has 1 aromatic heterocycles. The number of nitrogens with two attached hydrogens (primary N) is 1. The second kappa shape index (κ2) is 4.20. The van der Waals surface area contributed by atoms with Crippen LogP contribution in [0.1, 0.15) is 23.2 Å². The molecule has 0 saturated heterocycles. The second-order valence-corrected chi connectivity index (χ2v) is 2.90. The topological polar surface area (TPSA) is 59.1 Å². The van der Waals surface area contributed by atoms with Crippen LogP contribution < -0.4 is 5.73 Å². The summed E-state index contributed by atoms with van der Waals surface area (Å²) in [5, 5.41) is 9.09. The first-order valence-electron chi connectivity index (χ1n) is 4.05. The third-order valence-electron chi connectivity index (χ3n) is 1.88. The first-order valence-corrected chi connectivity index (χ1v) is 4.05. The van der Waals surface area contributed by atoms with Crippen LogP contribution in [0, 0.1) is 0 Å². The lowest BCUT2D eigenvalue weighted by atomic mass is 10.1. The summed E-state index contributed by atoms with van der Waals surface area (Å²) >= 11 is 0. The van der Waals surface area contributed by atoms with Crippen LogP contribution in [0.4, 0.5) is 22.0 Å². The van der Waals surface area contributed by atoms with Gasteiger partial charge in [0.2, 0.25) is 0 Å². The average Bonchev–Trinajstić information content (AvgIpc) is 2.14. The van der Waals surface area contributed by atoms with Gasteiger partial charge in [0, 0.05) is 12.7 Å². The molecule has 0 fully saturated rings. The maximum Gasteiger partial charge on any atom is 0.437 e. The van der Waals surface area contributed by atoms with Crippen LogP contribution in [0.15, 0.2) is 6.20 Å². The van der Waals surface area contributed by atoms with Crippen molar-refractivity contribution in [3.8, 4) is 5.75 Å². The molecule has 0 atom stereocenters. The summed E-state index contributed by atoms with van der Waals surface area (Å²) in [7, 11) is 0. The molecule has 0 aliphatic carbocycles. The molecule has 3 N–H and O–H groups in total. The number of aromatic hydroxyl groups is 1. The van der Waals surface area contributed by atoms with Crippen molar-refractivity contribution < 1.29 is 27.1 Å². The summed E-state index contributed by atoms with van der Waals surface area (Å²) < 4.78 is 61.6. The van der Waals surface area contributed by atoms with Gasteiger partial charge in [0.15, 0.2) is 11.4 Å². The smallest absolute Gasteiger partial charge is 0.437 e. The SMILES string of the molecule is NCc1cnc(C(F)(F)F)c(O)c1C(F)F.